The average molecular weight is 247 g/mol. The topological polar surface area (TPSA) is 49.4 Å². The molecule has 3 nitrogen and oxygen atoms in total. The van der Waals surface area contributed by atoms with Crippen LogP contribution in [-0.4, -0.2) is 18.2 Å². The third-order valence-corrected chi connectivity index (χ3v) is 4.04. The van der Waals surface area contributed by atoms with Gasteiger partial charge in [0.15, 0.2) is 0 Å². The van der Waals surface area contributed by atoms with E-state index in [1.54, 1.807) is 0 Å². The third-order valence-electron chi connectivity index (χ3n) is 4.04. The van der Waals surface area contributed by atoms with Crippen molar-refractivity contribution in [1.29, 1.82) is 0 Å². The summed E-state index contributed by atoms with van der Waals surface area (Å²) in [7, 11) is 0. The van der Waals surface area contributed by atoms with Gasteiger partial charge in [-0.2, -0.15) is 8.78 Å². The van der Waals surface area contributed by atoms with Crippen LogP contribution in [0, 0.1) is 11.8 Å². The van der Waals surface area contributed by atoms with Crippen molar-refractivity contribution in [2.45, 2.75) is 57.2 Å². The van der Waals surface area contributed by atoms with Gasteiger partial charge >= 0.3 is 6.11 Å². The number of hydrogen-bond donors (Lipinski definition) is 0. The minimum atomic E-state index is -4.15. The van der Waals surface area contributed by atoms with Crippen molar-refractivity contribution < 1.29 is 23.4 Å². The van der Waals surface area contributed by atoms with Gasteiger partial charge in [-0.25, -0.2) is 0 Å². The van der Waals surface area contributed by atoms with Gasteiger partial charge in [-0.15, -0.1) is 0 Å². The number of carboxylic acid groups (broad SMARTS) is 1. The molecule has 0 bridgehead atoms. The number of rotatable bonds is 3. The van der Waals surface area contributed by atoms with Crippen LogP contribution in [0.25, 0.3) is 0 Å². The highest BCUT2D eigenvalue weighted by Crippen LogP contribution is 2.42. The molecule has 2 aliphatic carbocycles. The molecule has 5 heteroatoms. The van der Waals surface area contributed by atoms with Gasteiger partial charge in [0, 0.05) is 0 Å². The lowest BCUT2D eigenvalue weighted by molar-refractivity contribution is -0.370. The molecule has 0 aromatic rings. The Labute approximate surface area is 99.1 Å². The van der Waals surface area contributed by atoms with Crippen LogP contribution in [0.4, 0.5) is 8.78 Å². The van der Waals surface area contributed by atoms with Crippen molar-refractivity contribution in [2.24, 2.45) is 11.8 Å². The molecule has 0 heterocycles. The molecule has 0 aromatic carbocycles. The molecular weight excluding hydrogens is 230 g/mol. The summed E-state index contributed by atoms with van der Waals surface area (Å²) in [5, 5.41) is 10.2. The molecule has 2 rings (SSSR count). The van der Waals surface area contributed by atoms with Crippen LogP contribution in [0.1, 0.15) is 44.9 Å². The number of ether oxygens (including phenoxy) is 1. The number of hydrogen-bond acceptors (Lipinski definition) is 3. The Balaban J connectivity index is 1.89. The highest BCUT2D eigenvalue weighted by molar-refractivity contribution is 5.71. The van der Waals surface area contributed by atoms with E-state index in [4.69, 9.17) is 0 Å². The van der Waals surface area contributed by atoms with Gasteiger partial charge in [0.05, 0.1) is 6.10 Å². The Kier molecular flexibility index (Phi) is 3.66. The Morgan fingerprint density at radius 1 is 1.12 bits per heavy atom. The number of carbonyl (C=O) groups is 1. The molecule has 0 N–H and O–H groups in total. The van der Waals surface area contributed by atoms with Gasteiger partial charge in [-0.05, 0) is 31.1 Å². The van der Waals surface area contributed by atoms with Gasteiger partial charge in [0.25, 0.3) is 0 Å². The van der Waals surface area contributed by atoms with E-state index in [9.17, 15) is 18.7 Å². The zero-order valence-corrected chi connectivity index (χ0v) is 9.66. The van der Waals surface area contributed by atoms with Crippen LogP contribution < -0.4 is 5.11 Å². The van der Waals surface area contributed by atoms with Crippen LogP contribution >= 0.6 is 0 Å². The quantitative estimate of drug-likeness (QED) is 0.762. The van der Waals surface area contributed by atoms with Crippen LogP contribution in [0.15, 0.2) is 0 Å². The summed E-state index contributed by atoms with van der Waals surface area (Å²) in [4.78, 5) is 10.2. The average Bonchev–Trinajstić information content (AvgIpc) is 2.28. The Morgan fingerprint density at radius 3 is 2.41 bits per heavy atom. The van der Waals surface area contributed by atoms with E-state index >= 15 is 0 Å². The zero-order valence-electron chi connectivity index (χ0n) is 9.66. The standard InChI is InChI=1S/C12H18F2O3/c13-12(14,11(15)16)17-10-6-5-8-3-1-2-4-9(8)7-10/h8-10H,1-7H2,(H,15,16)/p-1. The lowest BCUT2D eigenvalue weighted by atomic mass is 9.70. The molecule has 3 unspecified atom stereocenters. The number of carbonyl (C=O) groups excluding carboxylic acids is 1. The first-order valence-electron chi connectivity index (χ1n) is 6.26. The lowest BCUT2D eigenvalue weighted by Gasteiger charge is -2.40. The predicted octanol–water partition coefficient (Wildman–Crippen LogP) is 1.70. The van der Waals surface area contributed by atoms with E-state index in [0.29, 0.717) is 24.7 Å². The number of carboxylic acids is 1. The summed E-state index contributed by atoms with van der Waals surface area (Å²) >= 11 is 0. The fraction of sp³-hybridized carbons (Fsp3) is 0.917. The summed E-state index contributed by atoms with van der Waals surface area (Å²) in [5.41, 5.74) is 0. The number of fused-ring (bicyclic) bond motifs is 1. The maximum atomic E-state index is 12.9. The molecule has 0 saturated heterocycles. The van der Waals surface area contributed by atoms with Gasteiger partial charge in [0.2, 0.25) is 0 Å². The van der Waals surface area contributed by atoms with Crippen molar-refractivity contribution >= 4 is 5.97 Å². The fourth-order valence-electron chi connectivity index (χ4n) is 3.19. The first-order valence-corrected chi connectivity index (χ1v) is 6.26. The fourth-order valence-corrected chi connectivity index (χ4v) is 3.19. The van der Waals surface area contributed by atoms with Gasteiger partial charge in [-0.1, -0.05) is 25.7 Å². The summed E-state index contributed by atoms with van der Waals surface area (Å²) < 4.78 is 30.1. The van der Waals surface area contributed by atoms with E-state index in [2.05, 4.69) is 4.74 Å². The number of halogens is 2. The van der Waals surface area contributed by atoms with Gasteiger partial charge < -0.3 is 14.6 Å². The Bertz CT molecular complexity index is 293. The van der Waals surface area contributed by atoms with Crippen LogP contribution in [0.3, 0.4) is 0 Å². The predicted molar refractivity (Wildman–Crippen MR) is 54.1 cm³/mol. The highest BCUT2D eigenvalue weighted by Gasteiger charge is 2.40. The van der Waals surface area contributed by atoms with Crippen LogP contribution in [0.5, 0.6) is 0 Å². The van der Waals surface area contributed by atoms with Crippen LogP contribution in [-0.2, 0) is 9.53 Å². The summed E-state index contributed by atoms with van der Waals surface area (Å²) in [6.45, 7) is 0. The SMILES string of the molecule is O=C([O-])C(F)(F)OC1CCC2CCCCC2C1. The van der Waals surface area contributed by atoms with Crippen molar-refractivity contribution in [3.8, 4) is 0 Å². The molecular formula is C12H17F2O3-. The van der Waals surface area contributed by atoms with Crippen LogP contribution in [0.2, 0.25) is 0 Å². The van der Waals surface area contributed by atoms with Crippen molar-refractivity contribution in [3.63, 3.8) is 0 Å². The van der Waals surface area contributed by atoms with E-state index in [1.165, 1.54) is 12.8 Å². The van der Waals surface area contributed by atoms with Crippen molar-refractivity contribution in [3.05, 3.63) is 0 Å². The van der Waals surface area contributed by atoms with E-state index in [0.717, 1.165) is 19.3 Å². The second-order valence-electron chi connectivity index (χ2n) is 5.16. The Hall–Kier alpha value is -0.710. The second kappa shape index (κ2) is 4.88. The van der Waals surface area contributed by atoms with Gasteiger partial charge in [-0.3, -0.25) is 0 Å². The molecule has 0 spiro atoms. The molecule has 2 saturated carbocycles. The number of alkyl halides is 2. The molecule has 0 amide bonds. The Morgan fingerprint density at radius 2 is 1.76 bits per heavy atom. The highest BCUT2D eigenvalue weighted by atomic mass is 19.3. The smallest absolute Gasteiger partial charge is 0.397 e. The van der Waals surface area contributed by atoms with Crippen molar-refractivity contribution in [1.82, 2.24) is 0 Å². The maximum absolute atomic E-state index is 12.9. The number of aliphatic carboxylic acids is 1. The molecule has 2 aliphatic rings. The second-order valence-corrected chi connectivity index (χ2v) is 5.16. The largest absolute Gasteiger partial charge is 0.542 e. The summed E-state index contributed by atoms with van der Waals surface area (Å²) in [5.74, 6) is -1.39. The molecule has 17 heavy (non-hydrogen) atoms. The maximum Gasteiger partial charge on any atom is 0.397 e. The molecule has 98 valence electrons. The molecule has 3 atom stereocenters. The third kappa shape index (κ3) is 2.94. The zero-order chi connectivity index (χ0) is 12.5. The monoisotopic (exact) mass is 247 g/mol. The minimum Gasteiger partial charge on any atom is -0.542 e. The minimum absolute atomic E-state index is 0.431. The first kappa shape index (κ1) is 12.7. The normalized spacial score (nSPS) is 34.1. The summed E-state index contributed by atoms with van der Waals surface area (Å²) in [6, 6.07) is 0. The van der Waals surface area contributed by atoms with Gasteiger partial charge in [0.1, 0.15) is 5.97 Å². The van der Waals surface area contributed by atoms with Crippen molar-refractivity contribution in [2.75, 3.05) is 0 Å². The molecule has 0 radical (unpaired) electrons. The molecule has 0 aromatic heterocycles. The lowest BCUT2D eigenvalue weighted by Crippen LogP contribution is -2.47. The molecule has 2 fully saturated rings. The molecule has 0 aliphatic heterocycles. The first-order chi connectivity index (χ1) is 7.99. The van der Waals surface area contributed by atoms with E-state index < -0.39 is 18.2 Å². The summed E-state index contributed by atoms with van der Waals surface area (Å²) in [6.07, 6.45) is 1.78. The van der Waals surface area contributed by atoms with E-state index in [1.807, 2.05) is 0 Å². The van der Waals surface area contributed by atoms with E-state index in [-0.39, 0.29) is 0 Å².